The summed E-state index contributed by atoms with van der Waals surface area (Å²) in [4.78, 5) is 25.1. The van der Waals surface area contributed by atoms with Crippen molar-refractivity contribution in [3.8, 4) is 0 Å². The molecule has 20 heavy (non-hydrogen) atoms. The van der Waals surface area contributed by atoms with Crippen molar-refractivity contribution in [3.05, 3.63) is 44.8 Å². The zero-order chi connectivity index (χ0) is 14.1. The molecule has 1 amide bonds. The maximum atomic E-state index is 12.2. The molecule has 104 valence electrons. The molecule has 1 saturated carbocycles. The Bertz CT molecular complexity index is 572. The molecule has 0 spiro atoms. The van der Waals surface area contributed by atoms with Crippen LogP contribution in [0.5, 0.6) is 0 Å². The molecule has 1 fully saturated rings. The second kappa shape index (κ2) is 5.38. The Labute approximate surface area is 124 Å². The first-order valence-corrected chi connectivity index (χ1v) is 8.02. The van der Waals surface area contributed by atoms with Crippen molar-refractivity contribution in [1.82, 2.24) is 5.32 Å². The van der Waals surface area contributed by atoms with E-state index in [1.54, 1.807) is 22.7 Å². The molecular weight excluding hydrogens is 294 g/mol. The fourth-order valence-corrected chi connectivity index (χ4v) is 3.86. The third kappa shape index (κ3) is 2.62. The molecule has 4 nitrogen and oxygen atoms in total. The first-order valence-electron chi connectivity index (χ1n) is 6.27. The lowest BCUT2D eigenvalue weighted by Gasteiger charge is -2.16. The van der Waals surface area contributed by atoms with E-state index in [1.807, 2.05) is 35.0 Å². The molecule has 0 unspecified atom stereocenters. The van der Waals surface area contributed by atoms with Crippen LogP contribution in [0.25, 0.3) is 0 Å². The molecular formula is C14H13NO3S2. The predicted molar refractivity (Wildman–Crippen MR) is 77.9 cm³/mol. The number of carboxylic acid groups (broad SMARTS) is 1. The van der Waals surface area contributed by atoms with E-state index in [9.17, 15) is 9.59 Å². The van der Waals surface area contributed by atoms with Crippen molar-refractivity contribution >= 4 is 34.6 Å². The van der Waals surface area contributed by atoms with E-state index in [-0.39, 0.29) is 17.9 Å². The lowest BCUT2D eigenvalue weighted by Crippen LogP contribution is -2.30. The minimum Gasteiger partial charge on any atom is -0.481 e. The Morgan fingerprint density at radius 2 is 1.75 bits per heavy atom. The van der Waals surface area contributed by atoms with Gasteiger partial charge in [-0.05, 0) is 29.3 Å². The highest BCUT2D eigenvalue weighted by atomic mass is 32.1. The molecule has 0 aromatic carbocycles. The lowest BCUT2D eigenvalue weighted by molar-refractivity contribution is -0.140. The molecule has 0 aliphatic heterocycles. The number of nitrogens with one attached hydrogen (secondary N) is 1. The van der Waals surface area contributed by atoms with Crippen LogP contribution in [0.4, 0.5) is 0 Å². The molecule has 1 aliphatic rings. The largest absolute Gasteiger partial charge is 0.481 e. The van der Waals surface area contributed by atoms with Gasteiger partial charge in [0.15, 0.2) is 0 Å². The molecule has 2 N–H and O–H groups in total. The first-order chi connectivity index (χ1) is 9.66. The van der Waals surface area contributed by atoms with E-state index in [4.69, 9.17) is 5.11 Å². The highest BCUT2D eigenvalue weighted by Gasteiger charge is 2.48. The second-order valence-electron chi connectivity index (χ2n) is 4.76. The first kappa shape index (κ1) is 13.3. The summed E-state index contributed by atoms with van der Waals surface area (Å²) in [5.74, 6) is -1.93. The van der Waals surface area contributed by atoms with Crippen molar-refractivity contribution in [2.75, 3.05) is 0 Å². The Morgan fingerprint density at radius 1 is 1.15 bits per heavy atom. The Morgan fingerprint density at radius 3 is 2.15 bits per heavy atom. The number of carbonyl (C=O) groups is 2. The summed E-state index contributed by atoms with van der Waals surface area (Å²) in [6.07, 6.45) is 0.447. The minimum absolute atomic E-state index is 0.163. The van der Waals surface area contributed by atoms with Crippen LogP contribution in [0.15, 0.2) is 35.0 Å². The van der Waals surface area contributed by atoms with Crippen LogP contribution in [0, 0.1) is 11.8 Å². The highest BCUT2D eigenvalue weighted by Crippen LogP contribution is 2.40. The average molecular weight is 307 g/mol. The lowest BCUT2D eigenvalue weighted by atomic mass is 10.2. The Balaban J connectivity index is 1.75. The number of carboxylic acids is 1. The van der Waals surface area contributed by atoms with Crippen LogP contribution >= 0.6 is 22.7 Å². The predicted octanol–water partition coefficient (Wildman–Crippen LogP) is 2.74. The van der Waals surface area contributed by atoms with Gasteiger partial charge in [0.2, 0.25) is 5.91 Å². The Hall–Kier alpha value is -1.66. The van der Waals surface area contributed by atoms with Crippen LogP contribution in [-0.2, 0) is 9.59 Å². The van der Waals surface area contributed by atoms with E-state index in [1.165, 1.54) is 0 Å². The highest BCUT2D eigenvalue weighted by molar-refractivity contribution is 7.11. The standard InChI is InChI=1S/C14H13NO3S2/c16-13(8-7-9(8)14(17)18)15-12(10-3-1-5-19-10)11-4-2-6-20-11/h1-6,8-9,12H,7H2,(H,15,16)(H,17,18)/t8-,9+/m0/s1. The minimum atomic E-state index is -0.881. The number of carbonyl (C=O) groups excluding carboxylic acids is 1. The molecule has 2 aromatic rings. The van der Waals surface area contributed by atoms with Gasteiger partial charge in [0.25, 0.3) is 0 Å². The normalized spacial score (nSPS) is 20.9. The summed E-state index contributed by atoms with van der Waals surface area (Å²) < 4.78 is 0. The van der Waals surface area contributed by atoms with E-state index >= 15 is 0 Å². The molecule has 2 aromatic heterocycles. The van der Waals surface area contributed by atoms with Crippen molar-refractivity contribution in [2.24, 2.45) is 11.8 Å². The van der Waals surface area contributed by atoms with E-state index in [0.29, 0.717) is 6.42 Å². The van der Waals surface area contributed by atoms with Gasteiger partial charge in [-0.3, -0.25) is 9.59 Å². The molecule has 3 rings (SSSR count). The van der Waals surface area contributed by atoms with Crippen LogP contribution in [0.2, 0.25) is 0 Å². The number of amides is 1. The average Bonchev–Trinajstić information content (AvgIpc) is 2.85. The topological polar surface area (TPSA) is 66.4 Å². The second-order valence-corrected chi connectivity index (χ2v) is 6.72. The van der Waals surface area contributed by atoms with Gasteiger partial charge >= 0.3 is 5.97 Å². The van der Waals surface area contributed by atoms with E-state index < -0.39 is 11.9 Å². The third-order valence-electron chi connectivity index (χ3n) is 3.39. The molecule has 6 heteroatoms. The van der Waals surface area contributed by atoms with Crippen LogP contribution in [-0.4, -0.2) is 17.0 Å². The quantitative estimate of drug-likeness (QED) is 0.892. The Kier molecular flexibility index (Phi) is 3.58. The fourth-order valence-electron chi connectivity index (χ4n) is 2.20. The monoisotopic (exact) mass is 307 g/mol. The van der Waals surface area contributed by atoms with Gasteiger partial charge in [-0.25, -0.2) is 0 Å². The number of hydrogen-bond acceptors (Lipinski definition) is 4. The number of thiophene rings is 2. The smallest absolute Gasteiger partial charge is 0.307 e. The van der Waals surface area contributed by atoms with Crippen LogP contribution in [0.1, 0.15) is 22.2 Å². The number of aliphatic carboxylic acids is 1. The maximum Gasteiger partial charge on any atom is 0.307 e. The molecule has 2 atom stereocenters. The fraction of sp³-hybridized carbons (Fsp3) is 0.286. The van der Waals surface area contributed by atoms with E-state index in [2.05, 4.69) is 5.32 Å². The summed E-state index contributed by atoms with van der Waals surface area (Å²) in [6.45, 7) is 0. The summed E-state index contributed by atoms with van der Waals surface area (Å²) in [5.41, 5.74) is 0. The van der Waals surface area contributed by atoms with Crippen molar-refractivity contribution in [3.63, 3.8) is 0 Å². The molecule has 2 heterocycles. The summed E-state index contributed by atoms with van der Waals surface area (Å²) in [6, 6.07) is 7.69. The number of rotatable bonds is 5. The molecule has 0 saturated heterocycles. The van der Waals surface area contributed by atoms with Crippen molar-refractivity contribution in [2.45, 2.75) is 12.5 Å². The molecule has 1 aliphatic carbocycles. The summed E-state index contributed by atoms with van der Waals surface area (Å²) in [7, 11) is 0. The third-order valence-corrected chi connectivity index (χ3v) is 5.26. The molecule has 0 radical (unpaired) electrons. The van der Waals surface area contributed by atoms with Gasteiger partial charge < -0.3 is 10.4 Å². The van der Waals surface area contributed by atoms with Gasteiger partial charge in [-0.1, -0.05) is 12.1 Å². The van der Waals surface area contributed by atoms with Crippen LogP contribution in [0.3, 0.4) is 0 Å². The zero-order valence-corrected chi connectivity index (χ0v) is 12.1. The van der Waals surface area contributed by atoms with Gasteiger partial charge in [0, 0.05) is 9.75 Å². The van der Waals surface area contributed by atoms with Gasteiger partial charge in [-0.15, -0.1) is 22.7 Å². The zero-order valence-electron chi connectivity index (χ0n) is 10.5. The molecule has 0 bridgehead atoms. The van der Waals surface area contributed by atoms with Crippen molar-refractivity contribution in [1.29, 1.82) is 0 Å². The maximum absolute atomic E-state index is 12.2. The SMILES string of the molecule is O=C(NC(c1cccs1)c1cccs1)[C@H]1C[C@H]1C(=O)O. The summed E-state index contributed by atoms with van der Waals surface area (Å²) in [5, 5.41) is 15.8. The van der Waals surface area contributed by atoms with Gasteiger partial charge in [0.05, 0.1) is 17.9 Å². The van der Waals surface area contributed by atoms with Crippen LogP contribution < -0.4 is 5.32 Å². The number of hydrogen-bond donors (Lipinski definition) is 2. The van der Waals surface area contributed by atoms with Gasteiger partial charge in [-0.2, -0.15) is 0 Å². The van der Waals surface area contributed by atoms with Crippen molar-refractivity contribution < 1.29 is 14.7 Å². The van der Waals surface area contributed by atoms with E-state index in [0.717, 1.165) is 9.75 Å². The summed E-state index contributed by atoms with van der Waals surface area (Å²) >= 11 is 3.17. The van der Waals surface area contributed by atoms with Gasteiger partial charge in [0.1, 0.15) is 0 Å².